The monoisotopic (exact) mass is 313 g/mol. The lowest BCUT2D eigenvalue weighted by atomic mass is 10.2. The third-order valence-electron chi connectivity index (χ3n) is 2.26. The number of nitrogens with one attached hydrogen (secondary N) is 1. The van der Waals surface area contributed by atoms with Gasteiger partial charge in [-0.2, -0.15) is 13.2 Å². The zero-order valence-electron chi connectivity index (χ0n) is 9.76. The zero-order valence-corrected chi connectivity index (χ0v) is 10.6. The molecule has 1 unspecified atom stereocenters. The van der Waals surface area contributed by atoms with Gasteiger partial charge in [0.05, 0.1) is 10.5 Å². The molecular formula is C10H10F3NO5S. The molecule has 20 heavy (non-hydrogen) atoms. The number of rotatable bonds is 5. The summed E-state index contributed by atoms with van der Waals surface area (Å²) in [5.41, 5.74) is -0.167. The van der Waals surface area contributed by atoms with Crippen LogP contribution in [0.5, 0.6) is 0 Å². The van der Waals surface area contributed by atoms with E-state index < -0.39 is 39.7 Å². The van der Waals surface area contributed by atoms with E-state index in [1.807, 2.05) is 0 Å². The first-order valence-corrected chi connectivity index (χ1v) is 6.60. The van der Waals surface area contributed by atoms with Crippen LogP contribution in [0.15, 0.2) is 29.2 Å². The first-order valence-electron chi connectivity index (χ1n) is 5.12. The van der Waals surface area contributed by atoms with Gasteiger partial charge in [0, 0.05) is 6.54 Å². The van der Waals surface area contributed by atoms with Crippen molar-refractivity contribution in [2.75, 3.05) is 6.54 Å². The lowest BCUT2D eigenvalue weighted by molar-refractivity contribution is -0.200. The Kier molecular flexibility index (Phi) is 4.73. The fourth-order valence-electron chi connectivity index (χ4n) is 1.16. The van der Waals surface area contributed by atoms with Crippen LogP contribution in [0.3, 0.4) is 0 Å². The van der Waals surface area contributed by atoms with Gasteiger partial charge in [0.2, 0.25) is 10.0 Å². The smallest absolute Gasteiger partial charge is 0.415 e. The second-order valence-corrected chi connectivity index (χ2v) is 5.51. The molecule has 0 saturated carbocycles. The van der Waals surface area contributed by atoms with E-state index in [4.69, 9.17) is 10.2 Å². The molecule has 112 valence electrons. The van der Waals surface area contributed by atoms with E-state index in [-0.39, 0.29) is 5.56 Å². The maximum atomic E-state index is 12.0. The number of hydrogen-bond acceptors (Lipinski definition) is 4. The van der Waals surface area contributed by atoms with E-state index in [1.54, 1.807) is 4.72 Å². The average molecular weight is 313 g/mol. The summed E-state index contributed by atoms with van der Waals surface area (Å²) in [7, 11) is -4.26. The van der Waals surface area contributed by atoms with Crippen molar-refractivity contribution in [2.45, 2.75) is 17.2 Å². The molecule has 0 aliphatic heterocycles. The number of alkyl halides is 3. The molecule has 0 aliphatic rings. The summed E-state index contributed by atoms with van der Waals surface area (Å²) in [5, 5.41) is 17.3. The van der Waals surface area contributed by atoms with Crippen molar-refractivity contribution in [3.05, 3.63) is 29.8 Å². The average Bonchev–Trinajstić information content (AvgIpc) is 2.35. The summed E-state index contributed by atoms with van der Waals surface area (Å²) in [5.74, 6) is -1.27. The van der Waals surface area contributed by atoms with Crippen LogP contribution in [0.1, 0.15) is 10.4 Å². The van der Waals surface area contributed by atoms with Crippen LogP contribution >= 0.6 is 0 Å². The van der Waals surface area contributed by atoms with Crippen LogP contribution < -0.4 is 4.72 Å². The van der Waals surface area contributed by atoms with Gasteiger partial charge >= 0.3 is 12.1 Å². The summed E-state index contributed by atoms with van der Waals surface area (Å²) in [4.78, 5) is 10.2. The second kappa shape index (κ2) is 5.77. The number of carboxylic acids is 1. The van der Waals surface area contributed by atoms with Gasteiger partial charge < -0.3 is 10.2 Å². The predicted molar refractivity (Wildman–Crippen MR) is 60.7 cm³/mol. The van der Waals surface area contributed by atoms with Gasteiger partial charge in [0.25, 0.3) is 0 Å². The molecule has 0 fully saturated rings. The zero-order chi connectivity index (χ0) is 15.6. The third-order valence-corrected chi connectivity index (χ3v) is 3.70. The van der Waals surface area contributed by atoms with Gasteiger partial charge in [-0.05, 0) is 24.3 Å². The number of aliphatic hydroxyl groups excluding tert-OH is 1. The van der Waals surface area contributed by atoms with Gasteiger partial charge in [-0.3, -0.25) is 0 Å². The maximum absolute atomic E-state index is 12.0. The SMILES string of the molecule is O=C(O)c1ccc(S(=O)(=O)NCC(O)C(F)(F)F)cc1. The molecule has 1 aromatic rings. The van der Waals surface area contributed by atoms with E-state index in [9.17, 15) is 26.4 Å². The van der Waals surface area contributed by atoms with Crippen LogP contribution in [0.25, 0.3) is 0 Å². The fraction of sp³-hybridized carbons (Fsp3) is 0.300. The molecule has 1 aromatic carbocycles. The normalized spacial score (nSPS) is 14.0. The number of sulfonamides is 1. The van der Waals surface area contributed by atoms with Crippen molar-refractivity contribution >= 4 is 16.0 Å². The molecule has 0 radical (unpaired) electrons. The molecule has 0 aromatic heterocycles. The molecule has 0 heterocycles. The van der Waals surface area contributed by atoms with Crippen molar-refractivity contribution in [3.63, 3.8) is 0 Å². The van der Waals surface area contributed by atoms with Crippen molar-refractivity contribution in [3.8, 4) is 0 Å². The number of benzene rings is 1. The molecule has 6 nitrogen and oxygen atoms in total. The molecule has 3 N–H and O–H groups in total. The van der Waals surface area contributed by atoms with Gasteiger partial charge in [-0.1, -0.05) is 0 Å². The minimum Gasteiger partial charge on any atom is -0.478 e. The van der Waals surface area contributed by atoms with E-state index in [2.05, 4.69) is 0 Å². The topological polar surface area (TPSA) is 104 Å². The molecule has 0 amide bonds. The Morgan fingerprint density at radius 1 is 1.25 bits per heavy atom. The quantitative estimate of drug-likeness (QED) is 0.738. The molecule has 0 spiro atoms. The van der Waals surface area contributed by atoms with Crippen LogP contribution in [0.4, 0.5) is 13.2 Å². The molecule has 0 bridgehead atoms. The highest BCUT2D eigenvalue weighted by Crippen LogP contribution is 2.20. The number of carbonyl (C=O) groups is 1. The van der Waals surface area contributed by atoms with Crippen molar-refractivity contribution in [1.82, 2.24) is 4.72 Å². The highest BCUT2D eigenvalue weighted by atomic mass is 32.2. The molecule has 1 atom stereocenters. The van der Waals surface area contributed by atoms with E-state index in [0.717, 1.165) is 24.3 Å². The number of aromatic carboxylic acids is 1. The minimum atomic E-state index is -4.93. The largest absolute Gasteiger partial charge is 0.478 e. The van der Waals surface area contributed by atoms with Crippen molar-refractivity contribution < 1.29 is 36.6 Å². The van der Waals surface area contributed by atoms with Gasteiger partial charge in [0.1, 0.15) is 0 Å². The van der Waals surface area contributed by atoms with Gasteiger partial charge in [-0.15, -0.1) is 0 Å². The van der Waals surface area contributed by atoms with Crippen LogP contribution in [-0.2, 0) is 10.0 Å². The molecule has 0 saturated heterocycles. The number of carboxylic acid groups (broad SMARTS) is 1. The minimum absolute atomic E-state index is 0.167. The Morgan fingerprint density at radius 3 is 2.15 bits per heavy atom. The molecular weight excluding hydrogens is 303 g/mol. The summed E-state index contributed by atoms with van der Waals surface area (Å²) in [6, 6.07) is 3.87. The Hall–Kier alpha value is -1.65. The Labute approximate surface area is 111 Å². The van der Waals surface area contributed by atoms with Crippen molar-refractivity contribution in [2.24, 2.45) is 0 Å². The predicted octanol–water partition coefficient (Wildman–Crippen LogP) is 0.586. The molecule has 10 heteroatoms. The maximum Gasteiger partial charge on any atom is 0.415 e. The van der Waals surface area contributed by atoms with E-state index in [0.29, 0.717) is 0 Å². The standard InChI is InChI=1S/C10H10F3NO5S/c11-10(12,13)8(15)5-14-20(18,19)7-3-1-6(2-4-7)9(16)17/h1-4,8,14-15H,5H2,(H,16,17). The summed E-state index contributed by atoms with van der Waals surface area (Å²) in [6.07, 6.45) is -7.76. The first kappa shape index (κ1) is 16.4. The highest BCUT2D eigenvalue weighted by Gasteiger charge is 2.38. The molecule has 1 rings (SSSR count). The Balaban J connectivity index is 2.82. The van der Waals surface area contributed by atoms with Crippen LogP contribution in [0.2, 0.25) is 0 Å². The Bertz CT molecular complexity index is 582. The second-order valence-electron chi connectivity index (χ2n) is 3.74. The van der Waals surface area contributed by atoms with Crippen LogP contribution in [-0.4, -0.2) is 43.4 Å². The molecule has 0 aliphatic carbocycles. The van der Waals surface area contributed by atoms with E-state index in [1.165, 1.54) is 0 Å². The number of aliphatic hydroxyl groups is 1. The number of hydrogen-bond donors (Lipinski definition) is 3. The lowest BCUT2D eigenvalue weighted by Gasteiger charge is -2.15. The summed E-state index contributed by atoms with van der Waals surface area (Å²) in [6.45, 7) is -1.23. The van der Waals surface area contributed by atoms with Crippen LogP contribution in [0, 0.1) is 0 Å². The van der Waals surface area contributed by atoms with E-state index >= 15 is 0 Å². The van der Waals surface area contributed by atoms with Gasteiger partial charge in [-0.25, -0.2) is 17.9 Å². The Morgan fingerprint density at radius 2 is 1.75 bits per heavy atom. The number of halogens is 3. The van der Waals surface area contributed by atoms with Crippen molar-refractivity contribution in [1.29, 1.82) is 0 Å². The summed E-state index contributed by atoms with van der Waals surface area (Å²) >= 11 is 0. The fourth-order valence-corrected chi connectivity index (χ4v) is 2.20. The van der Waals surface area contributed by atoms with Gasteiger partial charge in [0.15, 0.2) is 6.10 Å². The summed E-state index contributed by atoms with van der Waals surface area (Å²) < 4.78 is 60.9. The third kappa shape index (κ3) is 4.18. The lowest BCUT2D eigenvalue weighted by Crippen LogP contribution is -2.40. The first-order chi connectivity index (χ1) is 9.04. The highest BCUT2D eigenvalue weighted by molar-refractivity contribution is 7.89.